The first-order valence-electron chi connectivity index (χ1n) is 6.81. The molecule has 2 aliphatic rings. The number of carbonyl (C=O) groups is 1. The third-order valence-corrected chi connectivity index (χ3v) is 4.29. The lowest BCUT2D eigenvalue weighted by Crippen LogP contribution is -2.35. The van der Waals surface area contributed by atoms with Crippen LogP contribution < -0.4 is 11.1 Å². The standard InChI is InChI=1S/C16H14ClN3O/c17-11-5-2-1-4-9(11)14-10(8-18)16(19)20-12-6-3-7-13(21)15(12)14/h1-2,4-5,14,20H,3,6-7,19H2. The van der Waals surface area contributed by atoms with Gasteiger partial charge in [-0.15, -0.1) is 0 Å². The Kier molecular flexibility index (Phi) is 3.44. The van der Waals surface area contributed by atoms with Gasteiger partial charge >= 0.3 is 0 Å². The highest BCUT2D eigenvalue weighted by Crippen LogP contribution is 2.42. The fraction of sp³-hybridized carbons (Fsp3) is 0.250. The van der Waals surface area contributed by atoms with Crippen molar-refractivity contribution in [3.8, 4) is 6.07 Å². The average Bonchev–Trinajstić information content (AvgIpc) is 2.47. The SMILES string of the molecule is N#CC1=C(N)NC2=C(C(=O)CCC2)C1c1ccccc1Cl. The summed E-state index contributed by atoms with van der Waals surface area (Å²) in [5, 5.41) is 13.0. The number of nitrogens with one attached hydrogen (secondary N) is 1. The molecule has 1 aliphatic heterocycles. The molecule has 1 aromatic rings. The van der Waals surface area contributed by atoms with Crippen molar-refractivity contribution in [2.24, 2.45) is 5.73 Å². The number of nitriles is 1. The summed E-state index contributed by atoms with van der Waals surface area (Å²) in [6.07, 6.45) is 2.07. The smallest absolute Gasteiger partial charge is 0.161 e. The molecular weight excluding hydrogens is 286 g/mol. The number of allylic oxidation sites excluding steroid dienone is 3. The quantitative estimate of drug-likeness (QED) is 0.835. The molecule has 1 aromatic carbocycles. The van der Waals surface area contributed by atoms with Gasteiger partial charge in [-0.3, -0.25) is 4.79 Å². The van der Waals surface area contributed by atoms with E-state index in [9.17, 15) is 10.1 Å². The Morgan fingerprint density at radius 3 is 2.81 bits per heavy atom. The molecule has 21 heavy (non-hydrogen) atoms. The number of halogens is 1. The second kappa shape index (κ2) is 5.27. The molecule has 3 rings (SSSR count). The van der Waals surface area contributed by atoms with Gasteiger partial charge in [0.15, 0.2) is 5.78 Å². The van der Waals surface area contributed by atoms with Crippen LogP contribution >= 0.6 is 11.6 Å². The van der Waals surface area contributed by atoms with Crippen LogP contribution in [0, 0.1) is 11.3 Å². The highest BCUT2D eigenvalue weighted by Gasteiger charge is 2.37. The largest absolute Gasteiger partial charge is 0.384 e. The molecule has 0 aromatic heterocycles. The highest BCUT2D eigenvalue weighted by molar-refractivity contribution is 6.31. The Bertz CT molecular complexity index is 727. The van der Waals surface area contributed by atoms with Gasteiger partial charge in [0.05, 0.1) is 17.6 Å². The van der Waals surface area contributed by atoms with E-state index in [1.165, 1.54) is 0 Å². The molecule has 1 unspecified atom stereocenters. The molecule has 1 aliphatic carbocycles. The van der Waals surface area contributed by atoms with Crippen molar-refractivity contribution >= 4 is 17.4 Å². The van der Waals surface area contributed by atoms with E-state index >= 15 is 0 Å². The lowest BCUT2D eigenvalue weighted by atomic mass is 9.76. The van der Waals surface area contributed by atoms with Crippen molar-refractivity contribution in [3.63, 3.8) is 0 Å². The predicted molar refractivity (Wildman–Crippen MR) is 80.0 cm³/mol. The summed E-state index contributed by atoms with van der Waals surface area (Å²) in [4.78, 5) is 12.4. The molecule has 4 nitrogen and oxygen atoms in total. The molecule has 0 saturated carbocycles. The summed E-state index contributed by atoms with van der Waals surface area (Å²) in [7, 11) is 0. The van der Waals surface area contributed by atoms with E-state index in [2.05, 4.69) is 11.4 Å². The minimum Gasteiger partial charge on any atom is -0.384 e. The van der Waals surface area contributed by atoms with Crippen LogP contribution in [0.25, 0.3) is 0 Å². The van der Waals surface area contributed by atoms with Crippen molar-refractivity contribution in [2.75, 3.05) is 0 Å². The van der Waals surface area contributed by atoms with E-state index in [-0.39, 0.29) is 5.78 Å². The molecule has 0 amide bonds. The van der Waals surface area contributed by atoms with Gasteiger partial charge in [0, 0.05) is 22.7 Å². The summed E-state index contributed by atoms with van der Waals surface area (Å²) in [5.74, 6) is -0.0856. The van der Waals surface area contributed by atoms with Crippen LogP contribution in [0.5, 0.6) is 0 Å². The van der Waals surface area contributed by atoms with E-state index in [1.807, 2.05) is 18.2 Å². The van der Waals surface area contributed by atoms with Gasteiger partial charge in [0.1, 0.15) is 5.82 Å². The van der Waals surface area contributed by atoms with Crippen molar-refractivity contribution in [1.29, 1.82) is 5.26 Å². The van der Waals surface area contributed by atoms with Crippen molar-refractivity contribution in [2.45, 2.75) is 25.2 Å². The number of hydrogen-bond donors (Lipinski definition) is 2. The Balaban J connectivity index is 2.23. The number of dihydropyridines is 1. The highest BCUT2D eigenvalue weighted by atomic mass is 35.5. The van der Waals surface area contributed by atoms with Crippen LogP contribution in [0.3, 0.4) is 0 Å². The first kappa shape index (κ1) is 13.7. The van der Waals surface area contributed by atoms with Gasteiger partial charge in [0.2, 0.25) is 0 Å². The van der Waals surface area contributed by atoms with Gasteiger partial charge in [-0.25, -0.2) is 0 Å². The van der Waals surface area contributed by atoms with Crippen LogP contribution in [0.15, 0.2) is 46.9 Å². The summed E-state index contributed by atoms with van der Waals surface area (Å²) in [5.41, 5.74) is 8.55. The summed E-state index contributed by atoms with van der Waals surface area (Å²) in [6, 6.07) is 9.41. The number of nitrogens with zero attached hydrogens (tertiary/aromatic N) is 1. The van der Waals surface area contributed by atoms with Gasteiger partial charge in [-0.1, -0.05) is 29.8 Å². The van der Waals surface area contributed by atoms with E-state index < -0.39 is 5.92 Å². The maximum absolute atomic E-state index is 12.4. The summed E-state index contributed by atoms with van der Waals surface area (Å²) in [6.45, 7) is 0. The second-order valence-electron chi connectivity index (χ2n) is 5.19. The molecule has 0 bridgehead atoms. The first-order chi connectivity index (χ1) is 10.1. The van der Waals surface area contributed by atoms with Gasteiger partial charge < -0.3 is 11.1 Å². The third kappa shape index (κ3) is 2.20. The monoisotopic (exact) mass is 299 g/mol. The lowest BCUT2D eigenvalue weighted by molar-refractivity contribution is -0.116. The van der Waals surface area contributed by atoms with Crippen LogP contribution in [-0.2, 0) is 4.79 Å². The van der Waals surface area contributed by atoms with Gasteiger partial charge in [0.25, 0.3) is 0 Å². The van der Waals surface area contributed by atoms with E-state index in [0.717, 1.165) is 24.1 Å². The van der Waals surface area contributed by atoms with Crippen molar-refractivity contribution < 1.29 is 4.79 Å². The number of ketones is 1. The molecule has 5 heteroatoms. The zero-order chi connectivity index (χ0) is 15.0. The molecule has 0 fully saturated rings. The average molecular weight is 300 g/mol. The molecule has 1 heterocycles. The number of rotatable bonds is 1. The minimum atomic E-state index is -0.465. The van der Waals surface area contributed by atoms with Crippen molar-refractivity contribution in [1.82, 2.24) is 5.32 Å². The Labute approximate surface area is 127 Å². The van der Waals surface area contributed by atoms with E-state index in [1.54, 1.807) is 6.07 Å². The summed E-state index contributed by atoms with van der Waals surface area (Å²) >= 11 is 6.28. The van der Waals surface area contributed by atoms with Gasteiger partial charge in [-0.2, -0.15) is 5.26 Å². The molecule has 0 saturated heterocycles. The van der Waals surface area contributed by atoms with Crippen LogP contribution in [0.2, 0.25) is 5.02 Å². The number of benzene rings is 1. The minimum absolute atomic E-state index is 0.0638. The molecule has 1 atom stereocenters. The molecular formula is C16H14ClN3O. The van der Waals surface area contributed by atoms with Crippen molar-refractivity contribution in [3.05, 3.63) is 57.5 Å². The van der Waals surface area contributed by atoms with Gasteiger partial charge in [-0.05, 0) is 24.5 Å². The third-order valence-electron chi connectivity index (χ3n) is 3.95. The molecule has 0 spiro atoms. The maximum atomic E-state index is 12.4. The number of Topliss-reactive ketones (excluding diaryl/α,β-unsaturated/α-hetero) is 1. The van der Waals surface area contributed by atoms with Crippen LogP contribution in [-0.4, -0.2) is 5.78 Å². The Hall–Kier alpha value is -2.25. The summed E-state index contributed by atoms with van der Waals surface area (Å²) < 4.78 is 0. The molecule has 0 radical (unpaired) electrons. The first-order valence-corrected chi connectivity index (χ1v) is 7.18. The van der Waals surface area contributed by atoms with E-state index in [4.69, 9.17) is 17.3 Å². The van der Waals surface area contributed by atoms with Crippen LogP contribution in [0.1, 0.15) is 30.7 Å². The molecule has 3 N–H and O–H groups in total. The Morgan fingerprint density at radius 1 is 1.33 bits per heavy atom. The van der Waals surface area contributed by atoms with Crippen LogP contribution in [0.4, 0.5) is 0 Å². The zero-order valence-corrected chi connectivity index (χ0v) is 12.1. The fourth-order valence-electron chi connectivity index (χ4n) is 3.00. The predicted octanol–water partition coefficient (Wildman–Crippen LogP) is 2.73. The topological polar surface area (TPSA) is 78.9 Å². The normalized spacial score (nSPS) is 21.7. The number of nitrogens with two attached hydrogens (primary N) is 1. The zero-order valence-electron chi connectivity index (χ0n) is 11.3. The second-order valence-corrected chi connectivity index (χ2v) is 5.59. The molecule has 106 valence electrons. The number of carbonyl (C=O) groups excluding carboxylic acids is 1. The van der Waals surface area contributed by atoms with E-state index in [0.29, 0.717) is 28.4 Å². The lowest BCUT2D eigenvalue weighted by Gasteiger charge is -2.32. The maximum Gasteiger partial charge on any atom is 0.161 e. The number of hydrogen-bond acceptors (Lipinski definition) is 4. The Morgan fingerprint density at radius 2 is 2.10 bits per heavy atom. The fourth-order valence-corrected chi connectivity index (χ4v) is 3.25.